The fourth-order valence-electron chi connectivity index (χ4n) is 3.11. The highest BCUT2D eigenvalue weighted by Gasteiger charge is 2.52. The number of hydrogen-bond acceptors (Lipinski definition) is 5. The lowest BCUT2D eigenvalue weighted by molar-refractivity contribution is -0.163. The Morgan fingerprint density at radius 3 is 2.42 bits per heavy atom. The number of carbonyl (C=O) groups excluding carboxylic acids is 3. The monoisotopic (exact) mass is 336 g/mol. The smallest absolute Gasteiger partial charge is 0.316 e. The number of rotatable bonds is 5. The number of piperidine rings is 1. The van der Waals surface area contributed by atoms with E-state index in [1.54, 1.807) is 0 Å². The maximum absolute atomic E-state index is 13.2. The van der Waals surface area contributed by atoms with E-state index >= 15 is 0 Å². The molecule has 7 nitrogen and oxygen atoms in total. The van der Waals surface area contributed by atoms with Gasteiger partial charge in [0.25, 0.3) is 0 Å². The van der Waals surface area contributed by atoms with Crippen LogP contribution in [-0.2, 0) is 19.2 Å². The average molecular weight is 336 g/mol. The highest BCUT2D eigenvalue weighted by Crippen LogP contribution is 2.40. The number of imide groups is 1. The predicted molar refractivity (Wildman–Crippen MR) is 80.2 cm³/mol. The first-order valence-corrected chi connectivity index (χ1v) is 7.28. The lowest BCUT2D eigenvalue weighted by Crippen LogP contribution is -2.58. The second-order valence-electron chi connectivity index (χ2n) is 5.72. The molecule has 0 aliphatic carbocycles. The van der Waals surface area contributed by atoms with Gasteiger partial charge in [0.1, 0.15) is 18.0 Å². The Bertz CT molecular complexity index is 676. The maximum Gasteiger partial charge on any atom is 0.316 e. The second-order valence-corrected chi connectivity index (χ2v) is 5.72. The number of aliphatic carboxylic acids is 1. The number of carboxylic acids is 1. The Kier molecular flexibility index (Phi) is 5.08. The van der Waals surface area contributed by atoms with Gasteiger partial charge in [0, 0.05) is 25.4 Å². The molecule has 0 saturated carbocycles. The first-order valence-electron chi connectivity index (χ1n) is 7.28. The molecule has 8 heteroatoms. The van der Waals surface area contributed by atoms with Crippen molar-refractivity contribution in [3.05, 3.63) is 35.6 Å². The molecule has 4 atom stereocenters. The van der Waals surface area contributed by atoms with Gasteiger partial charge in [-0.3, -0.25) is 19.3 Å². The fraction of sp³-hybridized carbons (Fsp3) is 0.375. The molecule has 0 aromatic heterocycles. The van der Waals surface area contributed by atoms with Crippen LogP contribution in [0.5, 0.6) is 0 Å². The molecule has 4 unspecified atom stereocenters. The SMILES string of the molecule is CN1C(=O)C(C(=O)O)C(c2ccc(F)cc2)C(C(N)CC=O)C1=O. The molecule has 1 aromatic rings. The zero-order valence-electron chi connectivity index (χ0n) is 12.9. The van der Waals surface area contributed by atoms with Crippen LogP contribution in [0.3, 0.4) is 0 Å². The van der Waals surface area contributed by atoms with Crippen LogP contribution in [0, 0.1) is 17.7 Å². The standard InChI is InChI=1S/C16H17FN2O5/c1-19-14(21)12(10(18)6-7-20)11(13(15(19)22)16(23)24)8-2-4-9(17)5-3-8/h2-5,7,10-13H,6,18H2,1H3,(H,23,24). The molecule has 3 N–H and O–H groups in total. The zero-order valence-corrected chi connectivity index (χ0v) is 12.9. The summed E-state index contributed by atoms with van der Waals surface area (Å²) in [5, 5.41) is 9.49. The van der Waals surface area contributed by atoms with Crippen molar-refractivity contribution in [1.82, 2.24) is 4.90 Å². The van der Waals surface area contributed by atoms with Crippen molar-refractivity contribution in [1.29, 1.82) is 0 Å². The number of nitrogens with zero attached hydrogens (tertiary/aromatic N) is 1. The molecular formula is C16H17FN2O5. The van der Waals surface area contributed by atoms with Crippen molar-refractivity contribution in [2.75, 3.05) is 7.05 Å². The molecule has 128 valence electrons. The van der Waals surface area contributed by atoms with E-state index in [4.69, 9.17) is 5.73 Å². The van der Waals surface area contributed by atoms with Crippen molar-refractivity contribution in [2.45, 2.75) is 18.4 Å². The molecule has 2 amide bonds. The van der Waals surface area contributed by atoms with Crippen LogP contribution >= 0.6 is 0 Å². The summed E-state index contributed by atoms with van der Waals surface area (Å²) < 4.78 is 13.2. The molecule has 1 aliphatic heterocycles. The summed E-state index contributed by atoms with van der Waals surface area (Å²) in [7, 11) is 1.18. The number of halogens is 1. The molecule has 1 fully saturated rings. The van der Waals surface area contributed by atoms with Gasteiger partial charge in [-0.2, -0.15) is 0 Å². The van der Waals surface area contributed by atoms with Crippen molar-refractivity contribution in [2.24, 2.45) is 17.6 Å². The summed E-state index contributed by atoms with van der Waals surface area (Å²) in [6.07, 6.45) is 0.369. The van der Waals surface area contributed by atoms with E-state index in [1.165, 1.54) is 19.2 Å². The van der Waals surface area contributed by atoms with Crippen LogP contribution in [0.4, 0.5) is 4.39 Å². The zero-order chi connectivity index (χ0) is 18.0. The minimum Gasteiger partial charge on any atom is -0.481 e. The molecular weight excluding hydrogens is 319 g/mol. The Balaban J connectivity index is 2.59. The van der Waals surface area contributed by atoms with E-state index in [0.717, 1.165) is 17.0 Å². The van der Waals surface area contributed by atoms with Gasteiger partial charge in [-0.05, 0) is 17.7 Å². The van der Waals surface area contributed by atoms with E-state index in [-0.39, 0.29) is 6.42 Å². The molecule has 1 aliphatic rings. The first-order chi connectivity index (χ1) is 11.3. The Morgan fingerprint density at radius 1 is 1.33 bits per heavy atom. The third-order valence-electron chi connectivity index (χ3n) is 4.31. The van der Waals surface area contributed by atoms with Crippen molar-refractivity contribution >= 4 is 24.1 Å². The van der Waals surface area contributed by atoms with Gasteiger partial charge >= 0.3 is 5.97 Å². The average Bonchev–Trinajstić information content (AvgIpc) is 2.52. The van der Waals surface area contributed by atoms with Crippen LogP contribution in [0.2, 0.25) is 0 Å². The number of hydrogen-bond donors (Lipinski definition) is 2. The minimum atomic E-state index is -1.54. The van der Waals surface area contributed by atoms with E-state index in [0.29, 0.717) is 11.8 Å². The summed E-state index contributed by atoms with van der Waals surface area (Å²) in [5.74, 6) is -7.15. The van der Waals surface area contributed by atoms with Crippen LogP contribution in [0.1, 0.15) is 17.9 Å². The van der Waals surface area contributed by atoms with E-state index in [1.807, 2.05) is 0 Å². The Hall–Kier alpha value is -2.61. The van der Waals surface area contributed by atoms with Crippen molar-refractivity contribution in [3.63, 3.8) is 0 Å². The Morgan fingerprint density at radius 2 is 1.92 bits per heavy atom. The number of nitrogens with two attached hydrogens (primary N) is 1. The second kappa shape index (κ2) is 6.88. The van der Waals surface area contributed by atoms with Gasteiger partial charge < -0.3 is 15.6 Å². The molecule has 0 spiro atoms. The number of benzene rings is 1. The van der Waals surface area contributed by atoms with E-state index in [9.17, 15) is 28.7 Å². The van der Waals surface area contributed by atoms with Gasteiger partial charge in [0.15, 0.2) is 0 Å². The molecule has 0 radical (unpaired) electrons. The van der Waals surface area contributed by atoms with Gasteiger partial charge in [-0.15, -0.1) is 0 Å². The number of likely N-dealkylation sites (tertiary alicyclic amines) is 1. The molecule has 1 heterocycles. The van der Waals surface area contributed by atoms with Crippen LogP contribution in [-0.4, -0.2) is 47.2 Å². The predicted octanol–water partition coefficient (Wildman–Crippen LogP) is 0.141. The summed E-state index contributed by atoms with van der Waals surface area (Å²) >= 11 is 0. The van der Waals surface area contributed by atoms with Crippen LogP contribution in [0.15, 0.2) is 24.3 Å². The Labute approximate surface area is 137 Å². The summed E-state index contributed by atoms with van der Waals surface area (Å²) in [6.45, 7) is 0. The normalized spacial score (nSPS) is 25.5. The lowest BCUT2D eigenvalue weighted by atomic mass is 9.69. The third-order valence-corrected chi connectivity index (χ3v) is 4.31. The highest BCUT2D eigenvalue weighted by atomic mass is 19.1. The largest absolute Gasteiger partial charge is 0.481 e. The number of aldehydes is 1. The highest BCUT2D eigenvalue weighted by molar-refractivity contribution is 6.09. The van der Waals surface area contributed by atoms with Gasteiger partial charge in [-0.25, -0.2) is 4.39 Å². The molecule has 24 heavy (non-hydrogen) atoms. The van der Waals surface area contributed by atoms with Crippen LogP contribution < -0.4 is 5.73 Å². The number of amides is 2. The van der Waals surface area contributed by atoms with Gasteiger partial charge in [-0.1, -0.05) is 12.1 Å². The third kappa shape index (κ3) is 3.05. The number of carbonyl (C=O) groups is 4. The number of carboxylic acid groups (broad SMARTS) is 1. The van der Waals surface area contributed by atoms with Crippen molar-refractivity contribution in [3.8, 4) is 0 Å². The van der Waals surface area contributed by atoms with Crippen molar-refractivity contribution < 1.29 is 28.7 Å². The summed E-state index contributed by atoms with van der Waals surface area (Å²) in [6, 6.07) is 3.92. The molecule has 1 aromatic carbocycles. The first kappa shape index (κ1) is 17.7. The molecule has 0 bridgehead atoms. The molecule has 2 rings (SSSR count). The van der Waals surface area contributed by atoms with Crippen LogP contribution in [0.25, 0.3) is 0 Å². The van der Waals surface area contributed by atoms with E-state index < -0.39 is 47.4 Å². The topological polar surface area (TPSA) is 118 Å². The summed E-state index contributed by atoms with van der Waals surface area (Å²) in [5.41, 5.74) is 6.23. The quantitative estimate of drug-likeness (QED) is 0.449. The molecule has 1 saturated heterocycles. The maximum atomic E-state index is 13.2. The van der Waals surface area contributed by atoms with Gasteiger partial charge in [0.2, 0.25) is 11.8 Å². The lowest BCUT2D eigenvalue weighted by Gasteiger charge is -2.40. The minimum absolute atomic E-state index is 0.164. The fourth-order valence-corrected chi connectivity index (χ4v) is 3.11. The van der Waals surface area contributed by atoms with Gasteiger partial charge in [0.05, 0.1) is 5.92 Å². The van der Waals surface area contributed by atoms with E-state index in [2.05, 4.69) is 0 Å². The summed E-state index contributed by atoms with van der Waals surface area (Å²) in [4.78, 5) is 48.0.